The second-order valence-electron chi connectivity index (χ2n) is 8.45. The molecule has 2 heterocycles. The molecule has 30 heavy (non-hydrogen) atoms. The second kappa shape index (κ2) is 10.5. The van der Waals surface area contributed by atoms with Crippen molar-refractivity contribution in [3.8, 4) is 5.75 Å². The number of nitrogens with zero attached hydrogens (tertiary/aromatic N) is 3. The molecular weight excluding hydrogens is 398 g/mol. The molecule has 0 spiro atoms. The van der Waals surface area contributed by atoms with Gasteiger partial charge in [-0.15, -0.1) is 0 Å². The van der Waals surface area contributed by atoms with Gasteiger partial charge in [0.25, 0.3) is 5.91 Å². The van der Waals surface area contributed by atoms with E-state index in [1.54, 1.807) is 0 Å². The number of hydrogen-bond donors (Lipinski definition) is 0. The molecule has 7 heteroatoms. The summed E-state index contributed by atoms with van der Waals surface area (Å²) in [5.74, 6) is 3.64. The normalized spacial score (nSPS) is 22.1. The Morgan fingerprint density at radius 2 is 1.60 bits per heavy atom. The van der Waals surface area contributed by atoms with Crippen molar-refractivity contribution < 1.29 is 14.3 Å². The maximum Gasteiger partial charge on any atom is 0.260 e. The fourth-order valence-corrected chi connectivity index (χ4v) is 5.81. The van der Waals surface area contributed by atoms with Crippen LogP contribution in [-0.4, -0.2) is 89.9 Å². The first-order valence-electron chi connectivity index (χ1n) is 11.3. The van der Waals surface area contributed by atoms with Gasteiger partial charge in [0.2, 0.25) is 5.91 Å². The van der Waals surface area contributed by atoms with Crippen molar-refractivity contribution in [2.45, 2.75) is 31.7 Å². The van der Waals surface area contributed by atoms with E-state index in [-0.39, 0.29) is 18.6 Å². The van der Waals surface area contributed by atoms with E-state index < -0.39 is 0 Å². The van der Waals surface area contributed by atoms with Gasteiger partial charge in [-0.05, 0) is 30.9 Å². The summed E-state index contributed by atoms with van der Waals surface area (Å²) in [6, 6.07) is 9.45. The van der Waals surface area contributed by atoms with E-state index in [1.165, 1.54) is 12.8 Å². The van der Waals surface area contributed by atoms with Crippen molar-refractivity contribution >= 4 is 23.6 Å². The lowest BCUT2D eigenvalue weighted by molar-refractivity contribution is -0.141. The van der Waals surface area contributed by atoms with Crippen molar-refractivity contribution in [3.05, 3.63) is 30.3 Å². The van der Waals surface area contributed by atoms with Crippen LogP contribution in [0.25, 0.3) is 0 Å². The average molecular weight is 432 g/mol. The van der Waals surface area contributed by atoms with Gasteiger partial charge in [-0.1, -0.05) is 31.0 Å². The van der Waals surface area contributed by atoms with E-state index in [1.807, 2.05) is 47.0 Å². The lowest BCUT2D eigenvalue weighted by Gasteiger charge is -2.43. The average Bonchev–Trinajstić information content (AvgIpc) is 3.34. The van der Waals surface area contributed by atoms with Crippen LogP contribution < -0.4 is 4.74 Å². The Balaban J connectivity index is 1.32. The molecule has 164 valence electrons. The summed E-state index contributed by atoms with van der Waals surface area (Å²) >= 11 is 1.94. The lowest BCUT2D eigenvalue weighted by atomic mass is 9.94. The minimum absolute atomic E-state index is 0.00609. The van der Waals surface area contributed by atoms with Gasteiger partial charge in [0.15, 0.2) is 6.61 Å². The second-order valence-corrected chi connectivity index (χ2v) is 9.67. The van der Waals surface area contributed by atoms with E-state index in [4.69, 9.17) is 4.74 Å². The molecule has 1 aliphatic carbocycles. The molecule has 1 unspecified atom stereocenters. The molecule has 1 atom stereocenters. The molecule has 1 aromatic carbocycles. The predicted molar refractivity (Wildman–Crippen MR) is 120 cm³/mol. The van der Waals surface area contributed by atoms with Crippen LogP contribution >= 0.6 is 11.8 Å². The lowest BCUT2D eigenvalue weighted by Crippen LogP contribution is -2.59. The number of hydrogen-bond acceptors (Lipinski definition) is 5. The molecule has 0 radical (unpaired) electrons. The molecule has 0 aromatic heterocycles. The number of rotatable bonds is 6. The zero-order chi connectivity index (χ0) is 20.8. The van der Waals surface area contributed by atoms with Crippen LogP contribution in [0.3, 0.4) is 0 Å². The van der Waals surface area contributed by atoms with Crippen LogP contribution in [0.4, 0.5) is 0 Å². The molecule has 6 nitrogen and oxygen atoms in total. The minimum atomic E-state index is -0.00609. The third-order valence-electron chi connectivity index (χ3n) is 6.59. The fourth-order valence-electron chi connectivity index (χ4n) is 4.90. The molecule has 3 aliphatic rings. The van der Waals surface area contributed by atoms with Gasteiger partial charge < -0.3 is 14.5 Å². The van der Waals surface area contributed by atoms with Gasteiger partial charge in [0.05, 0.1) is 6.04 Å². The molecule has 1 aromatic rings. The van der Waals surface area contributed by atoms with E-state index >= 15 is 0 Å². The van der Waals surface area contributed by atoms with E-state index in [0.29, 0.717) is 24.9 Å². The third kappa shape index (κ3) is 5.30. The van der Waals surface area contributed by atoms with Gasteiger partial charge in [-0.3, -0.25) is 14.5 Å². The summed E-state index contributed by atoms with van der Waals surface area (Å²) in [5.41, 5.74) is 0. The van der Waals surface area contributed by atoms with Crippen molar-refractivity contribution in [2.75, 3.05) is 57.4 Å². The summed E-state index contributed by atoms with van der Waals surface area (Å²) in [6.45, 7) is 4.70. The van der Waals surface area contributed by atoms with Gasteiger partial charge in [0, 0.05) is 50.8 Å². The molecule has 3 fully saturated rings. The number of amides is 2. The summed E-state index contributed by atoms with van der Waals surface area (Å²) in [5, 5.41) is 0. The maximum atomic E-state index is 13.4. The predicted octanol–water partition coefficient (Wildman–Crippen LogP) is 2.34. The first-order chi connectivity index (χ1) is 14.7. The highest BCUT2D eigenvalue weighted by Crippen LogP contribution is 2.32. The number of carbonyl (C=O) groups excluding carboxylic acids is 2. The Morgan fingerprint density at radius 1 is 0.933 bits per heavy atom. The first-order valence-corrected chi connectivity index (χ1v) is 12.4. The van der Waals surface area contributed by atoms with Gasteiger partial charge >= 0.3 is 0 Å². The van der Waals surface area contributed by atoms with E-state index in [9.17, 15) is 9.59 Å². The SMILES string of the molecule is O=C(COc1ccccc1)N1CCN(C(C(=O)N2CCSCC2)C2CCCC2)CC1. The van der Waals surface area contributed by atoms with Crippen molar-refractivity contribution in [3.63, 3.8) is 0 Å². The smallest absolute Gasteiger partial charge is 0.260 e. The first kappa shape index (κ1) is 21.5. The largest absolute Gasteiger partial charge is 0.484 e. The summed E-state index contributed by atoms with van der Waals surface area (Å²) in [4.78, 5) is 32.4. The van der Waals surface area contributed by atoms with E-state index in [2.05, 4.69) is 9.80 Å². The fraction of sp³-hybridized carbons (Fsp3) is 0.652. The number of piperazine rings is 1. The molecule has 0 N–H and O–H groups in total. The van der Waals surface area contributed by atoms with Crippen LogP contribution in [0, 0.1) is 5.92 Å². The van der Waals surface area contributed by atoms with Crippen molar-refractivity contribution in [1.29, 1.82) is 0 Å². The number of carbonyl (C=O) groups is 2. The van der Waals surface area contributed by atoms with E-state index in [0.717, 1.165) is 56.3 Å². The number of para-hydroxylation sites is 1. The van der Waals surface area contributed by atoms with Crippen LogP contribution in [-0.2, 0) is 9.59 Å². The highest BCUT2D eigenvalue weighted by Gasteiger charge is 2.39. The van der Waals surface area contributed by atoms with Crippen LogP contribution in [0.15, 0.2) is 30.3 Å². The maximum absolute atomic E-state index is 13.4. The zero-order valence-electron chi connectivity index (χ0n) is 17.7. The Bertz CT molecular complexity index is 697. The summed E-state index contributed by atoms with van der Waals surface area (Å²) in [6.07, 6.45) is 4.78. The molecule has 2 amide bonds. The van der Waals surface area contributed by atoms with Crippen LogP contribution in [0.1, 0.15) is 25.7 Å². The summed E-state index contributed by atoms with van der Waals surface area (Å²) < 4.78 is 5.63. The minimum Gasteiger partial charge on any atom is -0.484 e. The number of ether oxygens (including phenoxy) is 1. The standard InChI is InChI=1S/C23H33N3O3S/c27-21(18-29-20-8-2-1-3-9-20)24-10-12-25(13-11-24)22(19-6-4-5-7-19)23(28)26-14-16-30-17-15-26/h1-3,8-9,19,22H,4-7,10-18H2. The van der Waals surface area contributed by atoms with Gasteiger partial charge in [-0.25, -0.2) is 0 Å². The number of benzene rings is 1. The molecule has 1 saturated carbocycles. The van der Waals surface area contributed by atoms with Crippen molar-refractivity contribution in [1.82, 2.24) is 14.7 Å². The Labute approximate surface area is 183 Å². The third-order valence-corrected chi connectivity index (χ3v) is 7.53. The summed E-state index contributed by atoms with van der Waals surface area (Å²) in [7, 11) is 0. The molecule has 0 bridgehead atoms. The Kier molecular flexibility index (Phi) is 7.55. The Hall–Kier alpha value is -1.73. The highest BCUT2D eigenvalue weighted by molar-refractivity contribution is 7.99. The van der Waals surface area contributed by atoms with Crippen LogP contribution in [0.5, 0.6) is 5.75 Å². The van der Waals surface area contributed by atoms with Crippen molar-refractivity contribution in [2.24, 2.45) is 5.92 Å². The molecular formula is C23H33N3O3S. The molecule has 2 saturated heterocycles. The van der Waals surface area contributed by atoms with Gasteiger partial charge in [0.1, 0.15) is 5.75 Å². The van der Waals surface area contributed by atoms with Gasteiger partial charge in [-0.2, -0.15) is 11.8 Å². The quantitative estimate of drug-likeness (QED) is 0.692. The van der Waals surface area contributed by atoms with Crippen LogP contribution in [0.2, 0.25) is 0 Å². The molecule has 2 aliphatic heterocycles. The molecule has 4 rings (SSSR count). The monoisotopic (exact) mass is 431 g/mol. The topological polar surface area (TPSA) is 53.1 Å². The zero-order valence-corrected chi connectivity index (χ0v) is 18.5. The highest BCUT2D eigenvalue weighted by atomic mass is 32.2. The Morgan fingerprint density at radius 3 is 2.27 bits per heavy atom. The number of thioether (sulfide) groups is 1.